The van der Waals surface area contributed by atoms with Gasteiger partial charge in [0.1, 0.15) is 0 Å². The van der Waals surface area contributed by atoms with Crippen LogP contribution in [0.2, 0.25) is 0 Å². The van der Waals surface area contributed by atoms with Crippen LogP contribution in [-0.2, 0) is 24.5 Å². The third-order valence-electron chi connectivity index (χ3n) is 0.458. The van der Waals surface area contributed by atoms with E-state index < -0.39 is 26.7 Å². The van der Waals surface area contributed by atoms with Gasteiger partial charge in [-0.05, 0) is 0 Å². The Balaban J connectivity index is 4.65. The molecular weight excluding hydrogens is 239 g/mol. The minimum absolute atomic E-state index is 0.365. The van der Waals surface area contributed by atoms with E-state index in [9.17, 15) is 30.0 Å². The Labute approximate surface area is 72.0 Å². The summed E-state index contributed by atoms with van der Waals surface area (Å²) in [6.45, 7) is 0. The maximum absolute atomic E-state index is 11.3. The molecule has 0 saturated carbocycles. The van der Waals surface area contributed by atoms with E-state index in [2.05, 4.69) is 4.18 Å². The smallest absolute Gasteiger partial charge is 0.212 e. The minimum Gasteiger partial charge on any atom is -0.212 e. The number of sulfonamides is 1. The van der Waals surface area contributed by atoms with Crippen LogP contribution >= 0.6 is 0 Å². The van der Waals surface area contributed by atoms with Crippen molar-refractivity contribution in [3.05, 3.63) is 0 Å². The van der Waals surface area contributed by atoms with Crippen molar-refractivity contribution in [1.82, 2.24) is 4.13 Å². The lowest BCUT2D eigenvalue weighted by atomic mass is 11.4. The van der Waals surface area contributed by atoms with Gasteiger partial charge >= 0.3 is 16.7 Å². The Kier molecular flexibility index (Phi) is 3.30. The van der Waals surface area contributed by atoms with Crippen LogP contribution in [0, 0.1) is 0 Å². The summed E-state index contributed by atoms with van der Waals surface area (Å²) in [6.07, 6.45) is -5.10. The fraction of sp³-hybridized carbons (Fsp3) is 1.00. The second-order valence-electron chi connectivity index (χ2n) is 1.84. The fourth-order valence-corrected chi connectivity index (χ4v) is 2.19. The van der Waals surface area contributed by atoms with Crippen molar-refractivity contribution in [2.75, 3.05) is 6.26 Å². The molecule has 6 nitrogen and oxygen atoms in total. The van der Waals surface area contributed by atoms with Crippen molar-refractivity contribution < 1.29 is 34.2 Å². The molecule has 0 aromatic carbocycles. The van der Waals surface area contributed by atoms with Crippen molar-refractivity contribution in [1.29, 1.82) is 0 Å². The monoisotopic (exact) mass is 243 g/mol. The molecule has 0 saturated heterocycles. The number of hydrogen-bond donors (Lipinski definition) is 1. The van der Waals surface area contributed by atoms with E-state index in [4.69, 9.17) is 0 Å². The van der Waals surface area contributed by atoms with Crippen molar-refractivity contribution in [3.63, 3.8) is 0 Å². The van der Waals surface area contributed by atoms with Gasteiger partial charge in [0.05, 0.1) is 6.26 Å². The molecule has 0 atom stereocenters. The molecule has 0 aliphatic heterocycles. The lowest BCUT2D eigenvalue weighted by molar-refractivity contribution is -0.272. The molecule has 0 fully saturated rings. The first-order valence-corrected chi connectivity index (χ1v) is 5.72. The van der Waals surface area contributed by atoms with Gasteiger partial charge in [-0.15, -0.1) is 13.2 Å². The Bertz CT molecular complexity index is 365. The predicted molar refractivity (Wildman–Crippen MR) is 34.0 cm³/mol. The number of alkyl halides is 3. The summed E-state index contributed by atoms with van der Waals surface area (Å²) in [4.78, 5) is 0. The first-order chi connectivity index (χ1) is 5.41. The Morgan fingerprint density at radius 1 is 1.15 bits per heavy atom. The summed E-state index contributed by atoms with van der Waals surface area (Å²) >= 11 is 0. The number of halogens is 3. The third kappa shape index (κ3) is 7.95. The number of hydrogen-bond acceptors (Lipinski definition) is 5. The van der Waals surface area contributed by atoms with E-state index in [-0.39, 0.29) is 0 Å². The Hall–Kier alpha value is -0.390. The van der Waals surface area contributed by atoms with Gasteiger partial charge in [-0.3, -0.25) is 0 Å². The summed E-state index contributed by atoms with van der Waals surface area (Å²) in [6, 6.07) is 0. The molecule has 0 aromatic rings. The average Bonchev–Trinajstić information content (AvgIpc) is 1.43. The second-order valence-corrected chi connectivity index (χ2v) is 5.12. The molecule has 0 bridgehead atoms. The third-order valence-corrected chi connectivity index (χ3v) is 2.89. The number of nitrogens with one attached hydrogen (secondary N) is 1. The van der Waals surface area contributed by atoms with Crippen molar-refractivity contribution in [3.8, 4) is 0 Å². The van der Waals surface area contributed by atoms with Gasteiger partial charge in [0.15, 0.2) is 0 Å². The zero-order valence-corrected chi connectivity index (χ0v) is 7.62. The molecular formula is C2H4F3NO5S2. The van der Waals surface area contributed by atoms with Crippen molar-refractivity contribution in [2.24, 2.45) is 0 Å². The quantitative estimate of drug-likeness (QED) is 0.709. The predicted octanol–water partition coefficient (Wildman–Crippen LogP) is -0.683. The van der Waals surface area contributed by atoms with Gasteiger partial charge in [0, 0.05) is 0 Å². The highest BCUT2D eigenvalue weighted by Gasteiger charge is 2.38. The first kappa shape index (κ1) is 12.6. The van der Waals surface area contributed by atoms with Gasteiger partial charge in [-0.25, -0.2) is 8.42 Å². The molecule has 0 amide bonds. The topological polar surface area (TPSA) is 89.5 Å². The molecule has 1 N–H and O–H groups in total. The molecule has 0 spiro atoms. The van der Waals surface area contributed by atoms with Crippen LogP contribution in [0.3, 0.4) is 0 Å². The Morgan fingerprint density at radius 3 is 1.77 bits per heavy atom. The van der Waals surface area contributed by atoms with E-state index in [0.29, 0.717) is 10.4 Å². The molecule has 0 aliphatic carbocycles. The minimum atomic E-state index is -5.46. The van der Waals surface area contributed by atoms with E-state index in [0.717, 1.165) is 0 Å². The largest absolute Gasteiger partial charge is 0.538 e. The molecule has 11 heteroatoms. The van der Waals surface area contributed by atoms with Crippen LogP contribution in [0.5, 0.6) is 0 Å². The van der Waals surface area contributed by atoms with E-state index >= 15 is 0 Å². The zero-order valence-electron chi connectivity index (χ0n) is 5.99. The van der Waals surface area contributed by atoms with Gasteiger partial charge in [-0.2, -0.15) is 12.6 Å². The molecule has 0 rings (SSSR count). The van der Waals surface area contributed by atoms with Crippen LogP contribution in [0.15, 0.2) is 0 Å². The average molecular weight is 243 g/mol. The molecule has 0 aromatic heterocycles. The highest BCUT2D eigenvalue weighted by Crippen LogP contribution is 2.18. The maximum atomic E-state index is 11.3. The number of rotatable bonds is 3. The van der Waals surface area contributed by atoms with Crippen LogP contribution in [-0.4, -0.2) is 29.5 Å². The van der Waals surface area contributed by atoms with Crippen LogP contribution in [0.4, 0.5) is 13.2 Å². The van der Waals surface area contributed by atoms with Crippen LogP contribution in [0.1, 0.15) is 0 Å². The van der Waals surface area contributed by atoms with E-state index in [1.165, 1.54) is 0 Å². The lowest BCUT2D eigenvalue weighted by Gasteiger charge is -2.06. The fourth-order valence-electron chi connectivity index (χ4n) is 0.327. The molecule has 0 aliphatic rings. The van der Waals surface area contributed by atoms with E-state index in [1.807, 2.05) is 0 Å². The van der Waals surface area contributed by atoms with Crippen LogP contribution in [0.25, 0.3) is 0 Å². The maximum Gasteiger partial charge on any atom is 0.538 e. The second kappa shape index (κ2) is 3.40. The summed E-state index contributed by atoms with van der Waals surface area (Å²) in [5.74, 6) is 0. The van der Waals surface area contributed by atoms with Gasteiger partial charge in [0.2, 0.25) is 10.0 Å². The molecule has 13 heavy (non-hydrogen) atoms. The molecule has 0 unspecified atom stereocenters. The van der Waals surface area contributed by atoms with Gasteiger partial charge in [0.25, 0.3) is 0 Å². The molecule has 0 heterocycles. The van der Waals surface area contributed by atoms with Crippen LogP contribution < -0.4 is 4.13 Å². The summed E-state index contributed by atoms with van der Waals surface area (Å²) in [7, 11) is -9.68. The van der Waals surface area contributed by atoms with Crippen molar-refractivity contribution >= 4 is 20.3 Å². The molecule has 80 valence electrons. The summed E-state index contributed by atoms with van der Waals surface area (Å²) in [5, 5.41) is 0. The van der Waals surface area contributed by atoms with Gasteiger partial charge < -0.3 is 0 Å². The standard InChI is InChI=1S/C2H4F3NO5S2/c1-12(7,8)6-13(9,10)11-2(3,4)5/h6H,1H3. The first-order valence-electron chi connectivity index (χ1n) is 2.42. The SMILES string of the molecule is CS(=O)(=O)NS(=O)(=O)OC(F)(F)F. The lowest BCUT2D eigenvalue weighted by Crippen LogP contribution is -2.34. The van der Waals surface area contributed by atoms with E-state index in [1.54, 1.807) is 0 Å². The summed E-state index contributed by atoms with van der Waals surface area (Å²) < 4.78 is 77.9. The normalized spacial score (nSPS) is 14.5. The highest BCUT2D eigenvalue weighted by molar-refractivity contribution is 8.02. The Morgan fingerprint density at radius 2 is 1.54 bits per heavy atom. The highest BCUT2D eigenvalue weighted by atomic mass is 32.3. The summed E-state index contributed by atoms with van der Waals surface area (Å²) in [5.41, 5.74) is 0. The zero-order chi connectivity index (χ0) is 10.9. The molecule has 0 radical (unpaired) electrons. The van der Waals surface area contributed by atoms with Gasteiger partial charge in [-0.1, -0.05) is 4.13 Å². The van der Waals surface area contributed by atoms with Crippen molar-refractivity contribution in [2.45, 2.75) is 6.36 Å².